The van der Waals surface area contributed by atoms with E-state index in [9.17, 15) is 4.79 Å². The quantitative estimate of drug-likeness (QED) is 0.888. The molecule has 0 bridgehead atoms. The molecule has 24 heavy (non-hydrogen) atoms. The topological polar surface area (TPSA) is 67.3 Å². The van der Waals surface area contributed by atoms with Gasteiger partial charge in [-0.25, -0.2) is 4.98 Å². The Bertz CT molecular complexity index is 679. The van der Waals surface area contributed by atoms with Gasteiger partial charge in [0.2, 0.25) is 0 Å². The first-order valence-electron chi connectivity index (χ1n) is 8.19. The molecule has 2 aromatic heterocycles. The molecule has 2 aromatic rings. The van der Waals surface area contributed by atoms with Gasteiger partial charge in [0.05, 0.1) is 18.2 Å². The van der Waals surface area contributed by atoms with Crippen molar-refractivity contribution >= 4 is 17.2 Å². The Morgan fingerprint density at radius 1 is 1.38 bits per heavy atom. The normalized spacial score (nSPS) is 26.4. The Kier molecular flexibility index (Phi) is 4.55. The van der Waals surface area contributed by atoms with Gasteiger partial charge in [0.25, 0.3) is 5.91 Å². The van der Waals surface area contributed by atoms with Crippen molar-refractivity contribution in [2.75, 3.05) is 26.2 Å². The first-order chi connectivity index (χ1) is 11.8. The summed E-state index contributed by atoms with van der Waals surface area (Å²) < 4.78 is 5.96. The number of likely N-dealkylation sites (tertiary alicyclic amines) is 1. The number of nitrogens with one attached hydrogen (secondary N) is 1. The highest BCUT2D eigenvalue weighted by molar-refractivity contribution is 7.07. The largest absolute Gasteiger partial charge is 0.376 e. The van der Waals surface area contributed by atoms with Crippen LogP contribution in [0.25, 0.3) is 0 Å². The molecule has 1 amide bonds. The van der Waals surface area contributed by atoms with Gasteiger partial charge in [-0.15, -0.1) is 11.3 Å². The third-order valence-corrected chi connectivity index (χ3v) is 5.45. The molecule has 2 fully saturated rings. The summed E-state index contributed by atoms with van der Waals surface area (Å²) in [6, 6.07) is 4.11. The molecule has 0 radical (unpaired) electrons. The number of nitrogens with zero attached hydrogens (tertiary/aromatic N) is 3. The molecule has 0 saturated carbocycles. The maximum absolute atomic E-state index is 12.0. The van der Waals surface area contributed by atoms with Gasteiger partial charge >= 0.3 is 0 Å². The number of hydrogen-bond donors (Lipinski definition) is 1. The number of fused-ring (bicyclic) bond motifs is 1. The number of pyridine rings is 1. The van der Waals surface area contributed by atoms with Crippen molar-refractivity contribution in [3.8, 4) is 0 Å². The van der Waals surface area contributed by atoms with Crippen LogP contribution in [0.2, 0.25) is 0 Å². The van der Waals surface area contributed by atoms with Gasteiger partial charge in [-0.3, -0.25) is 14.7 Å². The Morgan fingerprint density at radius 3 is 3.04 bits per heavy atom. The molecule has 0 spiro atoms. The van der Waals surface area contributed by atoms with Crippen LogP contribution in [-0.4, -0.2) is 53.1 Å². The van der Waals surface area contributed by atoms with E-state index in [-0.39, 0.29) is 12.0 Å². The SMILES string of the molecule is O=C(NC[C@@H]1CO[C@@H]2CN(Cc3ccncc3)C[C@H]12)c1cscn1. The fraction of sp³-hybridized carbons (Fsp3) is 0.471. The molecular formula is C17H20N4O2S. The molecule has 2 aliphatic rings. The smallest absolute Gasteiger partial charge is 0.270 e. The van der Waals surface area contributed by atoms with Crippen LogP contribution in [0.1, 0.15) is 16.1 Å². The van der Waals surface area contributed by atoms with Crippen LogP contribution in [0, 0.1) is 11.8 Å². The van der Waals surface area contributed by atoms with Gasteiger partial charge < -0.3 is 10.1 Å². The number of aromatic nitrogens is 2. The first-order valence-corrected chi connectivity index (χ1v) is 9.13. The Labute approximate surface area is 144 Å². The molecule has 0 unspecified atom stereocenters. The average Bonchev–Trinajstić information content (AvgIpc) is 3.31. The zero-order valence-corrected chi connectivity index (χ0v) is 14.1. The van der Waals surface area contributed by atoms with E-state index in [2.05, 4.69) is 32.3 Å². The highest BCUT2D eigenvalue weighted by Gasteiger charge is 2.43. The maximum Gasteiger partial charge on any atom is 0.270 e. The molecule has 126 valence electrons. The van der Waals surface area contributed by atoms with Gasteiger partial charge in [-0.1, -0.05) is 0 Å². The van der Waals surface area contributed by atoms with E-state index < -0.39 is 0 Å². The summed E-state index contributed by atoms with van der Waals surface area (Å²) in [7, 11) is 0. The van der Waals surface area contributed by atoms with Gasteiger partial charge in [0, 0.05) is 55.8 Å². The van der Waals surface area contributed by atoms with Crippen LogP contribution in [-0.2, 0) is 11.3 Å². The lowest BCUT2D eigenvalue weighted by atomic mass is 9.93. The van der Waals surface area contributed by atoms with E-state index in [1.165, 1.54) is 16.9 Å². The molecule has 0 aromatic carbocycles. The summed E-state index contributed by atoms with van der Waals surface area (Å²) in [6.07, 6.45) is 3.95. The van der Waals surface area contributed by atoms with Crippen LogP contribution in [0.4, 0.5) is 0 Å². The molecule has 4 rings (SSSR count). The third-order valence-electron chi connectivity index (χ3n) is 4.86. The fourth-order valence-corrected chi connectivity index (χ4v) is 4.14. The Balaban J connectivity index is 1.30. The van der Waals surface area contributed by atoms with E-state index in [0.29, 0.717) is 24.1 Å². The van der Waals surface area contributed by atoms with Gasteiger partial charge in [0.15, 0.2) is 0 Å². The fourth-order valence-electron chi connectivity index (χ4n) is 3.60. The minimum Gasteiger partial charge on any atom is -0.376 e. The van der Waals surface area contributed by atoms with E-state index in [1.807, 2.05) is 12.4 Å². The van der Waals surface area contributed by atoms with Gasteiger partial charge in [-0.05, 0) is 17.7 Å². The molecule has 3 atom stereocenters. The van der Waals surface area contributed by atoms with Crippen LogP contribution < -0.4 is 5.32 Å². The molecule has 0 aliphatic carbocycles. The monoisotopic (exact) mass is 344 g/mol. The van der Waals surface area contributed by atoms with Crippen molar-refractivity contribution in [3.63, 3.8) is 0 Å². The average molecular weight is 344 g/mol. The van der Waals surface area contributed by atoms with Crippen LogP contribution >= 0.6 is 11.3 Å². The summed E-state index contributed by atoms with van der Waals surface area (Å²) >= 11 is 1.43. The molecule has 2 saturated heterocycles. The van der Waals surface area contributed by atoms with Crippen molar-refractivity contribution in [1.29, 1.82) is 0 Å². The second-order valence-corrected chi connectivity index (χ2v) is 7.15. The molecule has 7 heteroatoms. The number of thiazole rings is 1. The number of amides is 1. The molecule has 1 N–H and O–H groups in total. The second kappa shape index (κ2) is 6.96. The number of ether oxygens (including phenoxy) is 1. The number of carbonyl (C=O) groups excluding carboxylic acids is 1. The van der Waals surface area contributed by atoms with Crippen molar-refractivity contribution in [3.05, 3.63) is 46.7 Å². The lowest BCUT2D eigenvalue weighted by molar-refractivity contribution is 0.0901. The van der Waals surface area contributed by atoms with Crippen LogP contribution in [0.3, 0.4) is 0 Å². The zero-order chi connectivity index (χ0) is 16.4. The van der Waals surface area contributed by atoms with Crippen LogP contribution in [0.5, 0.6) is 0 Å². The van der Waals surface area contributed by atoms with E-state index in [4.69, 9.17) is 4.74 Å². The van der Waals surface area contributed by atoms with Crippen molar-refractivity contribution in [1.82, 2.24) is 20.2 Å². The Morgan fingerprint density at radius 2 is 2.25 bits per heavy atom. The predicted octanol–water partition coefficient (Wildman–Crippen LogP) is 1.41. The summed E-state index contributed by atoms with van der Waals surface area (Å²) in [5.41, 5.74) is 3.46. The van der Waals surface area contributed by atoms with Crippen LogP contribution in [0.15, 0.2) is 35.4 Å². The summed E-state index contributed by atoms with van der Waals surface area (Å²) in [5.74, 6) is 0.772. The lowest BCUT2D eigenvalue weighted by Crippen LogP contribution is -2.34. The summed E-state index contributed by atoms with van der Waals surface area (Å²) in [4.78, 5) is 22.6. The van der Waals surface area contributed by atoms with Crippen molar-refractivity contribution in [2.45, 2.75) is 12.6 Å². The molecule has 4 heterocycles. The maximum atomic E-state index is 12.0. The molecule has 6 nitrogen and oxygen atoms in total. The standard InChI is InChI=1S/C17H20N4O2S/c22-17(15-10-24-11-20-15)19-5-13-9-23-16-8-21(7-14(13)16)6-12-1-3-18-4-2-12/h1-4,10-11,13-14,16H,5-9H2,(H,19,22)/t13-,14-,16-/m1/s1. The minimum absolute atomic E-state index is 0.0914. The van der Waals surface area contributed by atoms with E-state index in [1.54, 1.807) is 10.9 Å². The molecular weight excluding hydrogens is 324 g/mol. The third kappa shape index (κ3) is 3.33. The van der Waals surface area contributed by atoms with Gasteiger partial charge in [-0.2, -0.15) is 0 Å². The van der Waals surface area contributed by atoms with E-state index >= 15 is 0 Å². The van der Waals surface area contributed by atoms with Gasteiger partial charge in [0.1, 0.15) is 5.69 Å². The number of hydrogen-bond acceptors (Lipinski definition) is 6. The summed E-state index contributed by atoms with van der Waals surface area (Å²) in [6.45, 7) is 4.29. The van der Waals surface area contributed by atoms with Crippen molar-refractivity contribution < 1.29 is 9.53 Å². The van der Waals surface area contributed by atoms with Crippen molar-refractivity contribution in [2.24, 2.45) is 11.8 Å². The Hall–Kier alpha value is -1.83. The van der Waals surface area contributed by atoms with E-state index in [0.717, 1.165) is 26.2 Å². The number of carbonyl (C=O) groups is 1. The first kappa shape index (κ1) is 15.7. The molecule has 2 aliphatic heterocycles. The highest BCUT2D eigenvalue weighted by atomic mass is 32.1. The zero-order valence-electron chi connectivity index (χ0n) is 13.3. The minimum atomic E-state index is -0.0914. The lowest BCUT2D eigenvalue weighted by Gasteiger charge is -2.19. The summed E-state index contributed by atoms with van der Waals surface area (Å²) in [5, 5.41) is 4.78. The highest BCUT2D eigenvalue weighted by Crippen LogP contribution is 2.34. The predicted molar refractivity (Wildman–Crippen MR) is 90.7 cm³/mol. The second-order valence-electron chi connectivity index (χ2n) is 6.43. The number of rotatable bonds is 5.